The van der Waals surface area contributed by atoms with Gasteiger partial charge >= 0.3 is 0 Å². The lowest BCUT2D eigenvalue weighted by molar-refractivity contribution is 0.1000. The number of benzene rings is 2. The number of halogens is 1. The van der Waals surface area contributed by atoms with Crippen LogP contribution in [0, 0.1) is 0 Å². The molecule has 0 aliphatic heterocycles. The van der Waals surface area contributed by atoms with Gasteiger partial charge in [-0.05, 0) is 12.1 Å². The lowest BCUT2D eigenvalue weighted by Crippen LogP contribution is -2.14. The molecule has 0 bridgehead atoms. The van der Waals surface area contributed by atoms with Gasteiger partial charge < -0.3 is 5.73 Å². The summed E-state index contributed by atoms with van der Waals surface area (Å²) in [4.78, 5) is 16.0. The van der Waals surface area contributed by atoms with Crippen molar-refractivity contribution in [3.05, 3.63) is 70.1 Å². The topological polar surface area (TPSA) is 71.6 Å². The number of hydrogen-bond donors (Lipinski definition) is 1. The maximum Gasteiger partial charge on any atom is 0.249 e. The Kier molecular flexibility index (Phi) is 5.11. The first kappa shape index (κ1) is 17.1. The Hall–Kier alpha value is -2.70. The Morgan fingerprint density at radius 1 is 1.24 bits per heavy atom. The zero-order valence-corrected chi connectivity index (χ0v) is 15.0. The van der Waals surface area contributed by atoms with Gasteiger partial charge in [0.05, 0.1) is 11.9 Å². The number of thiazole rings is 1. The molecule has 25 heavy (non-hydrogen) atoms. The van der Waals surface area contributed by atoms with Crippen LogP contribution in [0.3, 0.4) is 0 Å². The smallest absolute Gasteiger partial charge is 0.249 e. The summed E-state index contributed by atoms with van der Waals surface area (Å²) in [6.07, 6.45) is 1.59. The van der Waals surface area contributed by atoms with Gasteiger partial charge in [0.2, 0.25) is 11.0 Å². The number of nitrogens with zero attached hydrogens (tertiary/aromatic N) is 3. The molecule has 0 atom stereocenters. The van der Waals surface area contributed by atoms with E-state index in [1.165, 1.54) is 11.3 Å². The average Bonchev–Trinajstić information content (AvgIpc) is 3.10. The maximum absolute atomic E-state index is 11.5. The Morgan fingerprint density at radius 2 is 1.96 bits per heavy atom. The van der Waals surface area contributed by atoms with Gasteiger partial charge in [0.1, 0.15) is 0 Å². The lowest BCUT2D eigenvalue weighted by Gasteiger charge is -2.08. The third-order valence-electron chi connectivity index (χ3n) is 3.51. The van der Waals surface area contributed by atoms with Crippen molar-refractivity contribution in [3.63, 3.8) is 0 Å². The van der Waals surface area contributed by atoms with Crippen LogP contribution in [0.4, 0.5) is 5.13 Å². The van der Waals surface area contributed by atoms with Crippen molar-refractivity contribution in [3.8, 4) is 11.3 Å². The Labute approximate surface area is 154 Å². The van der Waals surface area contributed by atoms with Crippen LogP contribution in [-0.4, -0.2) is 24.2 Å². The molecule has 0 aliphatic carbocycles. The number of hydrogen-bond acceptors (Lipinski definition) is 5. The summed E-state index contributed by atoms with van der Waals surface area (Å²) >= 11 is 7.67. The molecule has 1 heterocycles. The van der Waals surface area contributed by atoms with Crippen molar-refractivity contribution in [1.29, 1.82) is 0 Å². The van der Waals surface area contributed by atoms with Crippen LogP contribution in [0.5, 0.6) is 0 Å². The van der Waals surface area contributed by atoms with Crippen molar-refractivity contribution in [2.75, 3.05) is 12.1 Å². The number of aromatic nitrogens is 1. The maximum atomic E-state index is 11.5. The van der Waals surface area contributed by atoms with Crippen molar-refractivity contribution in [2.45, 2.75) is 0 Å². The molecular weight excluding hydrogens is 356 g/mol. The van der Waals surface area contributed by atoms with Crippen molar-refractivity contribution in [2.24, 2.45) is 10.8 Å². The molecule has 0 unspecified atom stereocenters. The summed E-state index contributed by atoms with van der Waals surface area (Å²) < 4.78 is 0. The fourth-order valence-corrected chi connectivity index (χ4v) is 3.22. The lowest BCUT2D eigenvalue weighted by atomic mass is 10.1. The number of primary amides is 1. The number of carbonyl (C=O) groups is 1. The predicted molar refractivity (Wildman–Crippen MR) is 104 cm³/mol. The number of anilines is 1. The van der Waals surface area contributed by atoms with Crippen molar-refractivity contribution < 1.29 is 4.79 Å². The second-order valence-electron chi connectivity index (χ2n) is 5.21. The van der Waals surface area contributed by atoms with Gasteiger partial charge in [-0.3, -0.25) is 4.79 Å². The van der Waals surface area contributed by atoms with Crippen molar-refractivity contribution in [1.82, 2.24) is 4.98 Å². The second kappa shape index (κ2) is 7.46. The summed E-state index contributed by atoms with van der Waals surface area (Å²) in [7, 11) is 1.79. The minimum atomic E-state index is -0.486. The molecule has 0 aliphatic rings. The SMILES string of the molecule is CN(N=Cc1ccccc1C(N)=O)c1nc(-c2ccccc2Cl)cs1. The van der Waals surface area contributed by atoms with Gasteiger partial charge in [-0.1, -0.05) is 48.0 Å². The van der Waals surface area contributed by atoms with E-state index in [4.69, 9.17) is 17.3 Å². The number of hydrazone groups is 1. The highest BCUT2D eigenvalue weighted by Gasteiger charge is 2.10. The molecule has 5 nitrogen and oxygen atoms in total. The quantitative estimate of drug-likeness (QED) is 0.544. The number of carbonyl (C=O) groups excluding carboxylic acids is 1. The Bertz CT molecular complexity index is 938. The van der Waals surface area contributed by atoms with E-state index in [9.17, 15) is 4.79 Å². The second-order valence-corrected chi connectivity index (χ2v) is 6.46. The average molecular weight is 371 g/mol. The van der Waals surface area contributed by atoms with Gasteiger partial charge in [0.25, 0.3) is 0 Å². The fourth-order valence-electron chi connectivity index (χ4n) is 2.24. The van der Waals surface area contributed by atoms with Crippen LogP contribution in [0.2, 0.25) is 5.02 Å². The van der Waals surface area contributed by atoms with Gasteiger partial charge in [0, 0.05) is 34.1 Å². The van der Waals surface area contributed by atoms with E-state index in [0.29, 0.717) is 21.3 Å². The third-order valence-corrected chi connectivity index (χ3v) is 4.75. The van der Waals surface area contributed by atoms with E-state index in [1.54, 1.807) is 36.5 Å². The summed E-state index contributed by atoms with van der Waals surface area (Å²) in [5, 5.41) is 9.29. The number of rotatable bonds is 5. The summed E-state index contributed by atoms with van der Waals surface area (Å²) in [5.41, 5.74) is 8.13. The molecule has 1 amide bonds. The van der Waals surface area contributed by atoms with Gasteiger partial charge in [-0.25, -0.2) is 9.99 Å². The molecule has 3 rings (SSSR count). The standard InChI is InChI=1S/C18H15ClN4OS/c1-23(21-10-12-6-2-3-7-13(12)17(20)24)18-22-16(11-25-18)14-8-4-5-9-15(14)19/h2-11H,1H3,(H2,20,24). The largest absolute Gasteiger partial charge is 0.366 e. The highest BCUT2D eigenvalue weighted by Crippen LogP contribution is 2.31. The Morgan fingerprint density at radius 3 is 2.72 bits per heavy atom. The molecule has 3 aromatic rings. The first-order valence-corrected chi connectivity index (χ1v) is 8.69. The molecule has 7 heteroatoms. The Balaban J connectivity index is 1.82. The van der Waals surface area contributed by atoms with E-state index in [0.717, 1.165) is 11.3 Å². The molecule has 2 aromatic carbocycles. The van der Waals surface area contributed by atoms with Crippen LogP contribution in [0.25, 0.3) is 11.3 Å². The molecule has 0 radical (unpaired) electrons. The molecule has 0 spiro atoms. The van der Waals surface area contributed by atoms with Gasteiger partial charge in [-0.15, -0.1) is 11.3 Å². The predicted octanol–water partition coefficient (Wildman–Crippen LogP) is 4.03. The zero-order valence-electron chi connectivity index (χ0n) is 13.4. The van der Waals surface area contributed by atoms with Crippen LogP contribution in [-0.2, 0) is 0 Å². The highest BCUT2D eigenvalue weighted by atomic mass is 35.5. The van der Waals surface area contributed by atoms with E-state index >= 15 is 0 Å². The molecule has 1 aromatic heterocycles. The molecule has 0 fully saturated rings. The highest BCUT2D eigenvalue weighted by molar-refractivity contribution is 7.14. The van der Waals surface area contributed by atoms with E-state index in [-0.39, 0.29) is 0 Å². The minimum Gasteiger partial charge on any atom is -0.366 e. The van der Waals surface area contributed by atoms with Crippen LogP contribution >= 0.6 is 22.9 Å². The molecule has 0 saturated carbocycles. The summed E-state index contributed by atoms with van der Waals surface area (Å²) in [6, 6.07) is 14.6. The normalized spacial score (nSPS) is 11.0. The van der Waals surface area contributed by atoms with Crippen LogP contribution in [0.1, 0.15) is 15.9 Å². The van der Waals surface area contributed by atoms with E-state index in [2.05, 4.69) is 10.1 Å². The number of nitrogens with two attached hydrogens (primary N) is 1. The molecule has 0 saturated heterocycles. The van der Waals surface area contributed by atoms with Crippen LogP contribution in [0.15, 0.2) is 59.0 Å². The van der Waals surface area contributed by atoms with E-state index < -0.39 is 5.91 Å². The first-order chi connectivity index (χ1) is 12.1. The van der Waals surface area contributed by atoms with Gasteiger partial charge in [-0.2, -0.15) is 5.10 Å². The minimum absolute atomic E-state index is 0.426. The first-order valence-electron chi connectivity index (χ1n) is 7.43. The monoisotopic (exact) mass is 370 g/mol. The summed E-state index contributed by atoms with van der Waals surface area (Å²) in [5.74, 6) is -0.486. The fraction of sp³-hybridized carbons (Fsp3) is 0.0556. The third kappa shape index (κ3) is 3.87. The summed E-state index contributed by atoms with van der Waals surface area (Å²) in [6.45, 7) is 0. The number of amides is 1. The molecule has 126 valence electrons. The van der Waals surface area contributed by atoms with Crippen LogP contribution < -0.4 is 10.7 Å². The van der Waals surface area contributed by atoms with Gasteiger partial charge in [0.15, 0.2) is 0 Å². The van der Waals surface area contributed by atoms with E-state index in [1.807, 2.05) is 35.7 Å². The molecular formula is C18H15ClN4OS. The molecule has 2 N–H and O–H groups in total. The van der Waals surface area contributed by atoms with Crippen molar-refractivity contribution >= 4 is 40.2 Å². The zero-order chi connectivity index (χ0) is 17.8.